The number of nitro benzene ring substituents is 1. The predicted molar refractivity (Wildman–Crippen MR) is 104 cm³/mol. The first-order chi connectivity index (χ1) is 12.9. The molecule has 2 aromatic carbocycles. The van der Waals surface area contributed by atoms with E-state index in [9.17, 15) is 19.7 Å². The molecule has 0 saturated carbocycles. The number of benzene rings is 2. The van der Waals surface area contributed by atoms with Gasteiger partial charge in [0, 0.05) is 24.1 Å². The zero-order chi connectivity index (χ0) is 19.6. The van der Waals surface area contributed by atoms with Crippen molar-refractivity contribution in [3.63, 3.8) is 0 Å². The lowest BCUT2D eigenvalue weighted by molar-refractivity contribution is -0.384. The summed E-state index contributed by atoms with van der Waals surface area (Å²) in [6.07, 6.45) is 0. The van der Waals surface area contributed by atoms with Gasteiger partial charge in [-0.1, -0.05) is 53.3 Å². The van der Waals surface area contributed by atoms with Crippen LogP contribution in [-0.4, -0.2) is 21.6 Å². The molecule has 1 N–H and O–H groups in total. The van der Waals surface area contributed by atoms with Crippen LogP contribution >= 0.6 is 22.9 Å². The Morgan fingerprint density at radius 2 is 1.89 bits per heavy atom. The number of aromatic nitrogens is 1. The van der Waals surface area contributed by atoms with Gasteiger partial charge in [0.25, 0.3) is 11.6 Å². The van der Waals surface area contributed by atoms with Gasteiger partial charge < -0.3 is 0 Å². The topological polar surface area (TPSA) is 102 Å². The first-order valence-electron chi connectivity index (χ1n) is 7.69. The number of hydrogen-bond donors (Lipinski definition) is 1. The van der Waals surface area contributed by atoms with Crippen LogP contribution in [0.25, 0.3) is 11.3 Å². The van der Waals surface area contributed by atoms with E-state index < -0.39 is 10.8 Å². The minimum Gasteiger partial charge on any atom is -0.298 e. The lowest BCUT2D eigenvalue weighted by atomic mass is 10.1. The Labute approximate surface area is 162 Å². The fourth-order valence-corrected chi connectivity index (χ4v) is 3.43. The molecule has 3 aromatic rings. The van der Waals surface area contributed by atoms with Crippen LogP contribution in [0.5, 0.6) is 0 Å². The van der Waals surface area contributed by atoms with Crippen molar-refractivity contribution in [3.05, 3.63) is 74.1 Å². The summed E-state index contributed by atoms with van der Waals surface area (Å²) in [5, 5.41) is 13.7. The largest absolute Gasteiger partial charge is 0.298 e. The average Bonchev–Trinajstić information content (AvgIpc) is 3.06. The lowest BCUT2D eigenvalue weighted by Gasteiger charge is -2.02. The Kier molecular flexibility index (Phi) is 5.29. The van der Waals surface area contributed by atoms with Crippen molar-refractivity contribution in [1.29, 1.82) is 0 Å². The van der Waals surface area contributed by atoms with E-state index in [0.29, 0.717) is 10.6 Å². The highest BCUT2D eigenvalue weighted by atomic mass is 35.5. The number of thiazole rings is 1. The second-order valence-corrected chi connectivity index (χ2v) is 6.90. The molecule has 0 radical (unpaired) electrons. The number of anilines is 1. The maximum atomic E-state index is 12.4. The third-order valence-electron chi connectivity index (χ3n) is 3.62. The van der Waals surface area contributed by atoms with E-state index in [2.05, 4.69) is 10.3 Å². The first kappa shape index (κ1) is 18.7. The maximum Gasteiger partial charge on any atom is 0.288 e. The molecule has 1 aromatic heterocycles. The minimum atomic E-state index is -0.663. The van der Waals surface area contributed by atoms with Crippen molar-refractivity contribution in [1.82, 2.24) is 4.98 Å². The van der Waals surface area contributed by atoms with Gasteiger partial charge in [-0.05, 0) is 12.1 Å². The highest BCUT2D eigenvalue weighted by Gasteiger charge is 2.20. The monoisotopic (exact) mass is 401 g/mol. The Balaban J connectivity index is 1.92. The number of amides is 1. The van der Waals surface area contributed by atoms with Crippen molar-refractivity contribution in [2.24, 2.45) is 0 Å². The quantitative estimate of drug-likeness (QED) is 0.375. The molecule has 0 unspecified atom stereocenters. The van der Waals surface area contributed by atoms with E-state index in [-0.39, 0.29) is 27.2 Å². The van der Waals surface area contributed by atoms with Crippen molar-refractivity contribution < 1.29 is 14.5 Å². The van der Waals surface area contributed by atoms with E-state index >= 15 is 0 Å². The molecular weight excluding hydrogens is 390 g/mol. The molecule has 0 fully saturated rings. The molecule has 136 valence electrons. The second-order valence-electron chi connectivity index (χ2n) is 5.50. The summed E-state index contributed by atoms with van der Waals surface area (Å²) in [6, 6.07) is 12.9. The van der Waals surface area contributed by atoms with Crippen molar-refractivity contribution >= 4 is 45.4 Å². The number of hydrogen-bond acceptors (Lipinski definition) is 6. The van der Waals surface area contributed by atoms with Crippen LogP contribution < -0.4 is 5.32 Å². The molecule has 1 heterocycles. The van der Waals surface area contributed by atoms with E-state index in [0.717, 1.165) is 23.0 Å². The van der Waals surface area contributed by atoms with Crippen molar-refractivity contribution in [2.45, 2.75) is 6.92 Å². The highest BCUT2D eigenvalue weighted by Crippen LogP contribution is 2.32. The van der Waals surface area contributed by atoms with Gasteiger partial charge >= 0.3 is 0 Å². The standard InChI is InChI=1S/C18H12ClN3O4S/c1-10(23)16-15(11-5-3-2-4-6-11)20-18(27-16)21-17(24)12-7-8-13(19)14(9-12)22(25)26/h2-9H,1H3,(H,20,21,24). The summed E-state index contributed by atoms with van der Waals surface area (Å²) < 4.78 is 0. The minimum absolute atomic E-state index is 0.0592. The van der Waals surface area contributed by atoms with Crippen LogP contribution in [0.15, 0.2) is 48.5 Å². The molecule has 0 bridgehead atoms. The molecule has 0 atom stereocenters. The summed E-state index contributed by atoms with van der Waals surface area (Å²) in [7, 11) is 0. The molecular formula is C18H12ClN3O4S. The fourth-order valence-electron chi connectivity index (χ4n) is 2.37. The number of ketones is 1. The Hall–Kier alpha value is -3.10. The molecule has 0 spiro atoms. The molecule has 27 heavy (non-hydrogen) atoms. The van der Waals surface area contributed by atoms with Crippen LogP contribution in [0.4, 0.5) is 10.8 Å². The lowest BCUT2D eigenvalue weighted by Crippen LogP contribution is -2.12. The zero-order valence-electron chi connectivity index (χ0n) is 13.9. The van der Waals surface area contributed by atoms with Crippen molar-refractivity contribution in [3.8, 4) is 11.3 Å². The van der Waals surface area contributed by atoms with Crippen molar-refractivity contribution in [2.75, 3.05) is 5.32 Å². The van der Waals surface area contributed by atoms with E-state index in [1.165, 1.54) is 19.1 Å². The fraction of sp³-hybridized carbons (Fsp3) is 0.0556. The van der Waals surface area contributed by atoms with E-state index in [1.54, 1.807) is 0 Å². The normalized spacial score (nSPS) is 10.4. The molecule has 3 rings (SSSR count). The van der Waals surface area contributed by atoms with Crippen LogP contribution in [0, 0.1) is 10.1 Å². The van der Waals surface area contributed by atoms with Gasteiger partial charge in [0.2, 0.25) is 0 Å². The average molecular weight is 402 g/mol. The zero-order valence-corrected chi connectivity index (χ0v) is 15.5. The van der Waals surface area contributed by atoms with Crippen LogP contribution in [0.3, 0.4) is 0 Å². The van der Waals surface area contributed by atoms with Gasteiger partial charge in [0.1, 0.15) is 5.02 Å². The summed E-state index contributed by atoms with van der Waals surface area (Å²) >= 11 is 6.81. The van der Waals surface area contributed by atoms with Gasteiger partial charge in [-0.15, -0.1) is 0 Å². The van der Waals surface area contributed by atoms with Crippen LogP contribution in [0.1, 0.15) is 27.0 Å². The summed E-state index contributed by atoms with van der Waals surface area (Å²) in [6.45, 7) is 1.42. The first-order valence-corrected chi connectivity index (χ1v) is 8.88. The number of nitrogens with zero attached hydrogens (tertiary/aromatic N) is 2. The smallest absolute Gasteiger partial charge is 0.288 e. The highest BCUT2D eigenvalue weighted by molar-refractivity contribution is 7.18. The number of carbonyl (C=O) groups is 2. The molecule has 0 saturated heterocycles. The molecule has 9 heteroatoms. The Bertz CT molecular complexity index is 1050. The van der Waals surface area contributed by atoms with E-state index in [1.807, 2.05) is 30.3 Å². The Morgan fingerprint density at radius 1 is 1.19 bits per heavy atom. The SMILES string of the molecule is CC(=O)c1sc(NC(=O)c2ccc(Cl)c([N+](=O)[O-])c2)nc1-c1ccccc1. The summed E-state index contributed by atoms with van der Waals surface area (Å²) in [4.78, 5) is 39.4. The Morgan fingerprint density at radius 3 is 2.52 bits per heavy atom. The maximum absolute atomic E-state index is 12.4. The molecule has 7 nitrogen and oxygen atoms in total. The molecule has 0 aliphatic rings. The van der Waals surface area contributed by atoms with Gasteiger partial charge in [0.05, 0.1) is 15.5 Å². The number of nitro groups is 1. The third-order valence-corrected chi connectivity index (χ3v) is 5.01. The van der Waals surface area contributed by atoms with Gasteiger partial charge in [-0.3, -0.25) is 25.0 Å². The molecule has 1 amide bonds. The number of carbonyl (C=O) groups excluding carboxylic acids is 2. The molecule has 0 aliphatic carbocycles. The van der Waals surface area contributed by atoms with E-state index in [4.69, 9.17) is 11.6 Å². The second kappa shape index (κ2) is 7.65. The summed E-state index contributed by atoms with van der Waals surface area (Å²) in [5.41, 5.74) is 0.928. The summed E-state index contributed by atoms with van der Waals surface area (Å²) in [5.74, 6) is -0.757. The predicted octanol–water partition coefficient (Wildman–Crippen LogP) is 4.83. The van der Waals surface area contributed by atoms with Crippen LogP contribution in [-0.2, 0) is 0 Å². The number of rotatable bonds is 5. The third kappa shape index (κ3) is 4.02. The number of halogens is 1. The van der Waals surface area contributed by atoms with Gasteiger partial charge in [0.15, 0.2) is 10.9 Å². The number of Topliss-reactive ketones (excluding diaryl/α,β-unsaturated/α-hetero) is 1. The van der Waals surface area contributed by atoms with Gasteiger partial charge in [-0.2, -0.15) is 0 Å². The van der Waals surface area contributed by atoms with Crippen LogP contribution in [0.2, 0.25) is 5.02 Å². The van der Waals surface area contributed by atoms with Gasteiger partial charge in [-0.25, -0.2) is 4.98 Å². The number of nitrogens with one attached hydrogen (secondary N) is 1. The molecule has 0 aliphatic heterocycles.